The van der Waals surface area contributed by atoms with Crippen LogP contribution in [-0.2, 0) is 41.8 Å². The van der Waals surface area contributed by atoms with Gasteiger partial charge in [0.25, 0.3) is 0 Å². The van der Waals surface area contributed by atoms with Gasteiger partial charge in [0.05, 0.1) is 5.41 Å². The minimum absolute atomic E-state index is 0.0161. The van der Waals surface area contributed by atoms with Crippen molar-refractivity contribution in [2.45, 2.75) is 53.4 Å². The first kappa shape index (κ1) is 23.1. The molecule has 6 nitrogen and oxygen atoms in total. The molecule has 0 aliphatic heterocycles. The van der Waals surface area contributed by atoms with E-state index in [2.05, 4.69) is 13.2 Å². The third-order valence-corrected chi connectivity index (χ3v) is 4.36. The van der Waals surface area contributed by atoms with Gasteiger partial charge in [-0.05, 0) is 62.1 Å². The molecule has 0 aliphatic rings. The topological polar surface area (TPSA) is 78.9 Å². The van der Waals surface area contributed by atoms with Crippen molar-refractivity contribution < 1.29 is 28.6 Å². The lowest BCUT2D eigenvalue weighted by molar-refractivity contribution is -0.159. The molecule has 152 valence electrons. The molecular formula is C22H28O6. The van der Waals surface area contributed by atoms with Crippen LogP contribution in [0.4, 0.5) is 0 Å². The van der Waals surface area contributed by atoms with Crippen molar-refractivity contribution in [3.8, 4) is 0 Å². The summed E-state index contributed by atoms with van der Waals surface area (Å²) < 4.78 is 15.8. The molecule has 0 bridgehead atoms. The van der Waals surface area contributed by atoms with Gasteiger partial charge in [-0.1, -0.05) is 20.1 Å². The lowest BCUT2D eigenvalue weighted by atomic mass is 9.90. The highest BCUT2D eigenvalue weighted by atomic mass is 16.5. The molecular weight excluding hydrogens is 360 g/mol. The van der Waals surface area contributed by atoms with Crippen LogP contribution in [0.25, 0.3) is 0 Å². The molecule has 1 rings (SSSR count). The molecule has 1 aromatic carbocycles. The van der Waals surface area contributed by atoms with Crippen molar-refractivity contribution in [1.29, 1.82) is 0 Å². The number of carbonyl (C=O) groups excluding carboxylic acids is 3. The van der Waals surface area contributed by atoms with Crippen LogP contribution in [0.3, 0.4) is 0 Å². The monoisotopic (exact) mass is 388 g/mol. The minimum Gasteiger partial charge on any atom is -0.458 e. The summed E-state index contributed by atoms with van der Waals surface area (Å²) >= 11 is 0. The Balaban J connectivity index is 3.07. The fourth-order valence-corrected chi connectivity index (χ4v) is 2.15. The van der Waals surface area contributed by atoms with Gasteiger partial charge < -0.3 is 14.2 Å². The summed E-state index contributed by atoms with van der Waals surface area (Å²) in [4.78, 5) is 35.1. The van der Waals surface area contributed by atoms with Crippen LogP contribution in [0.5, 0.6) is 0 Å². The fourth-order valence-electron chi connectivity index (χ4n) is 2.15. The highest BCUT2D eigenvalue weighted by Gasteiger charge is 2.29. The van der Waals surface area contributed by atoms with E-state index in [4.69, 9.17) is 14.2 Å². The predicted molar refractivity (Wildman–Crippen MR) is 105 cm³/mol. The van der Waals surface area contributed by atoms with Crippen LogP contribution in [0.1, 0.15) is 56.9 Å². The first-order chi connectivity index (χ1) is 13.1. The van der Waals surface area contributed by atoms with Crippen molar-refractivity contribution >= 4 is 17.9 Å². The Kier molecular flexibility index (Phi) is 8.64. The maximum Gasteiger partial charge on any atom is 0.330 e. The van der Waals surface area contributed by atoms with Crippen LogP contribution in [-0.4, -0.2) is 17.9 Å². The van der Waals surface area contributed by atoms with E-state index in [0.29, 0.717) is 23.1 Å². The maximum atomic E-state index is 12.4. The van der Waals surface area contributed by atoms with Crippen LogP contribution in [0, 0.1) is 5.41 Å². The lowest BCUT2D eigenvalue weighted by Gasteiger charge is -2.24. The van der Waals surface area contributed by atoms with E-state index < -0.39 is 23.5 Å². The molecule has 1 unspecified atom stereocenters. The number of benzene rings is 1. The number of carbonyl (C=O) groups is 3. The van der Waals surface area contributed by atoms with Gasteiger partial charge in [0.15, 0.2) is 0 Å². The largest absolute Gasteiger partial charge is 0.458 e. The smallest absolute Gasteiger partial charge is 0.330 e. The van der Waals surface area contributed by atoms with Gasteiger partial charge in [0.2, 0.25) is 0 Å². The van der Waals surface area contributed by atoms with Gasteiger partial charge in [0, 0.05) is 12.2 Å². The van der Waals surface area contributed by atoms with Gasteiger partial charge >= 0.3 is 17.9 Å². The number of hydrogen-bond donors (Lipinski definition) is 0. The second kappa shape index (κ2) is 10.4. The number of esters is 3. The first-order valence-electron chi connectivity index (χ1n) is 9.05. The summed E-state index contributed by atoms with van der Waals surface area (Å²) in [6.45, 7) is 14.1. The quantitative estimate of drug-likeness (QED) is 0.340. The van der Waals surface area contributed by atoms with Gasteiger partial charge in [0.1, 0.15) is 19.3 Å². The summed E-state index contributed by atoms with van der Waals surface area (Å²) in [7, 11) is 0. The Hall–Kier alpha value is -2.89. The van der Waals surface area contributed by atoms with Gasteiger partial charge in [-0.3, -0.25) is 4.79 Å². The normalized spacial score (nSPS) is 11.9. The summed E-state index contributed by atoms with van der Waals surface area (Å²) in [6, 6.07) is 5.32. The maximum absolute atomic E-state index is 12.4. The molecule has 0 saturated heterocycles. The highest BCUT2D eigenvalue weighted by molar-refractivity contribution is 5.81. The third-order valence-electron chi connectivity index (χ3n) is 4.36. The SMILES string of the molecule is C=CC(=O)OCc1cc(COC(=O)C=C)cc(C(C)OC(=O)C(C)(C)CC)c1. The molecule has 0 N–H and O–H groups in total. The van der Waals surface area contributed by atoms with E-state index in [1.807, 2.05) is 20.8 Å². The van der Waals surface area contributed by atoms with Crippen molar-refractivity contribution in [2.24, 2.45) is 5.41 Å². The second-order valence-corrected chi connectivity index (χ2v) is 6.99. The average molecular weight is 388 g/mol. The van der Waals surface area contributed by atoms with Crippen LogP contribution in [0.2, 0.25) is 0 Å². The van der Waals surface area contributed by atoms with E-state index in [1.54, 1.807) is 25.1 Å². The van der Waals surface area contributed by atoms with Crippen LogP contribution < -0.4 is 0 Å². The molecule has 6 heteroatoms. The van der Waals surface area contributed by atoms with Crippen LogP contribution in [0.15, 0.2) is 43.5 Å². The molecule has 1 atom stereocenters. The Bertz CT molecular complexity index is 705. The molecule has 0 aliphatic carbocycles. The van der Waals surface area contributed by atoms with E-state index in [9.17, 15) is 14.4 Å². The Morgan fingerprint density at radius 1 is 1.00 bits per heavy atom. The zero-order valence-corrected chi connectivity index (χ0v) is 16.9. The Morgan fingerprint density at radius 2 is 1.46 bits per heavy atom. The molecule has 0 amide bonds. The fraction of sp³-hybridized carbons (Fsp3) is 0.409. The van der Waals surface area contributed by atoms with Crippen molar-refractivity contribution in [3.63, 3.8) is 0 Å². The van der Waals surface area contributed by atoms with E-state index >= 15 is 0 Å². The van der Waals surface area contributed by atoms with Gasteiger partial charge in [-0.15, -0.1) is 0 Å². The number of rotatable bonds is 10. The molecule has 1 aromatic rings. The summed E-state index contributed by atoms with van der Waals surface area (Å²) in [5.74, 6) is -1.39. The molecule has 0 saturated carbocycles. The molecule has 0 heterocycles. The summed E-state index contributed by atoms with van der Waals surface area (Å²) in [5.41, 5.74) is 1.47. The summed E-state index contributed by atoms with van der Waals surface area (Å²) in [6.07, 6.45) is 2.28. The molecule has 0 radical (unpaired) electrons. The molecule has 28 heavy (non-hydrogen) atoms. The standard InChI is InChI=1S/C22H28O6/c1-7-19(23)26-13-16-10-17(14-27-20(24)8-2)12-18(11-16)15(4)28-21(25)22(5,6)9-3/h7-8,10-12,15H,1-2,9,13-14H2,3-6H3. The van der Waals surface area contributed by atoms with E-state index in [1.165, 1.54) is 0 Å². The first-order valence-corrected chi connectivity index (χ1v) is 9.05. The van der Waals surface area contributed by atoms with Gasteiger partial charge in [-0.25, -0.2) is 9.59 Å². The number of ether oxygens (including phenoxy) is 3. The number of hydrogen-bond acceptors (Lipinski definition) is 6. The molecule has 0 spiro atoms. The minimum atomic E-state index is -0.590. The summed E-state index contributed by atoms with van der Waals surface area (Å²) in [5, 5.41) is 0. The zero-order valence-electron chi connectivity index (χ0n) is 16.9. The van der Waals surface area contributed by atoms with E-state index in [-0.39, 0.29) is 19.2 Å². The van der Waals surface area contributed by atoms with Gasteiger partial charge in [-0.2, -0.15) is 0 Å². The lowest BCUT2D eigenvalue weighted by Crippen LogP contribution is -2.26. The van der Waals surface area contributed by atoms with Crippen molar-refractivity contribution in [3.05, 3.63) is 60.2 Å². The van der Waals surface area contributed by atoms with E-state index in [0.717, 1.165) is 12.2 Å². The van der Waals surface area contributed by atoms with Crippen molar-refractivity contribution in [2.75, 3.05) is 0 Å². The highest BCUT2D eigenvalue weighted by Crippen LogP contribution is 2.27. The Labute approximate surface area is 166 Å². The second-order valence-electron chi connectivity index (χ2n) is 6.99. The zero-order chi connectivity index (χ0) is 21.3. The predicted octanol–water partition coefficient (Wildman–Crippen LogP) is 4.19. The van der Waals surface area contributed by atoms with Crippen LogP contribution >= 0.6 is 0 Å². The average Bonchev–Trinajstić information content (AvgIpc) is 2.69. The molecule has 0 fully saturated rings. The van der Waals surface area contributed by atoms with Crippen molar-refractivity contribution in [1.82, 2.24) is 0 Å². The molecule has 0 aromatic heterocycles. The Morgan fingerprint density at radius 3 is 1.86 bits per heavy atom. The third kappa shape index (κ3) is 7.02.